The van der Waals surface area contributed by atoms with Crippen LogP contribution in [-0.4, -0.2) is 17.9 Å². The van der Waals surface area contributed by atoms with E-state index in [9.17, 15) is 4.79 Å². The quantitative estimate of drug-likeness (QED) is 0.301. The molecule has 0 fully saturated rings. The Morgan fingerprint density at radius 1 is 0.862 bits per heavy atom. The van der Waals surface area contributed by atoms with Crippen LogP contribution in [0, 0.1) is 0 Å². The molecule has 1 heterocycles. The van der Waals surface area contributed by atoms with Gasteiger partial charge in [0.2, 0.25) is 5.91 Å². The average Bonchev–Trinajstić information content (AvgIpc) is 2.79. The van der Waals surface area contributed by atoms with E-state index in [0.29, 0.717) is 0 Å². The Labute approximate surface area is 185 Å². The molecule has 147 valence electrons. The maximum atomic E-state index is 11.6. The molecule has 3 aromatic carbocycles. The summed E-state index contributed by atoms with van der Waals surface area (Å²) in [6, 6.07) is 30.0. The van der Waals surface area contributed by atoms with E-state index in [1.165, 1.54) is 6.08 Å². The van der Waals surface area contributed by atoms with Gasteiger partial charge in [-0.25, -0.2) is 0 Å². The van der Waals surface area contributed by atoms with Gasteiger partial charge in [0.25, 0.3) is 0 Å². The van der Waals surface area contributed by atoms with Crippen LogP contribution in [0.15, 0.2) is 110 Å². The number of hydrogen-bond donors (Lipinski definition) is 0. The van der Waals surface area contributed by atoms with Crippen LogP contribution in [0.5, 0.6) is 0 Å². The zero-order valence-electron chi connectivity index (χ0n) is 16.2. The fraction of sp³-hybridized carbons (Fsp3) is 0.0400. The van der Waals surface area contributed by atoms with Gasteiger partial charge in [0.05, 0.1) is 11.4 Å². The minimum absolute atomic E-state index is 0. The van der Waals surface area contributed by atoms with Gasteiger partial charge in [-0.3, -0.25) is 9.78 Å². The smallest absolute Gasteiger partial charge is 0.250 e. The van der Waals surface area contributed by atoms with Crippen molar-refractivity contribution >= 4 is 22.4 Å². The summed E-state index contributed by atoms with van der Waals surface area (Å²) >= 11 is 0. The number of aromatic nitrogens is 1. The molecule has 1 aromatic heterocycles. The summed E-state index contributed by atoms with van der Waals surface area (Å²) in [5.74, 6) is -0.101. The number of benzene rings is 3. The zero-order chi connectivity index (χ0) is 19.8. The summed E-state index contributed by atoms with van der Waals surface area (Å²) in [5.41, 5.74) is 3.10. The summed E-state index contributed by atoms with van der Waals surface area (Å²) in [6.07, 6.45) is 3.13. The molecule has 3 nitrogen and oxygen atoms in total. The number of likely N-dealkylation sites (N-methyl/N-ethyl adjacent to an activating group) is 1. The van der Waals surface area contributed by atoms with E-state index in [2.05, 4.69) is 23.7 Å². The van der Waals surface area contributed by atoms with E-state index in [-0.39, 0.29) is 26.0 Å². The van der Waals surface area contributed by atoms with Gasteiger partial charge in [-0.05, 0) is 29.7 Å². The molecule has 29 heavy (non-hydrogen) atoms. The molecule has 1 radical (unpaired) electrons. The number of rotatable bonds is 3. The molecule has 0 spiro atoms. The van der Waals surface area contributed by atoms with Gasteiger partial charge in [0.15, 0.2) is 0 Å². The minimum atomic E-state index is -0.101. The minimum Gasteiger partial charge on any atom is -0.311 e. The third-order valence-electron chi connectivity index (χ3n) is 4.37. The third kappa shape index (κ3) is 5.71. The topological polar surface area (TPSA) is 33.2 Å². The molecule has 0 bridgehead atoms. The van der Waals surface area contributed by atoms with Gasteiger partial charge in [-0.2, -0.15) is 0 Å². The van der Waals surface area contributed by atoms with Crippen molar-refractivity contribution in [1.29, 1.82) is 0 Å². The van der Waals surface area contributed by atoms with Crippen molar-refractivity contribution in [2.24, 2.45) is 0 Å². The molecule has 4 aromatic rings. The number of fused-ring (bicyclic) bond motifs is 1. The van der Waals surface area contributed by atoms with E-state index in [4.69, 9.17) is 0 Å². The van der Waals surface area contributed by atoms with Crippen LogP contribution >= 0.6 is 0 Å². The first-order valence-electron chi connectivity index (χ1n) is 9.05. The second-order valence-electron chi connectivity index (χ2n) is 6.18. The first-order chi connectivity index (χ1) is 13.7. The molecule has 4 rings (SSSR count). The van der Waals surface area contributed by atoms with Crippen molar-refractivity contribution in [2.75, 3.05) is 11.9 Å². The fourth-order valence-electron chi connectivity index (χ4n) is 2.90. The first-order valence-corrected chi connectivity index (χ1v) is 9.05. The number of anilines is 1. The molecule has 0 unspecified atom stereocenters. The van der Waals surface area contributed by atoms with Crippen molar-refractivity contribution in [1.82, 2.24) is 4.98 Å². The predicted octanol–water partition coefficient (Wildman–Crippen LogP) is 5.73. The summed E-state index contributed by atoms with van der Waals surface area (Å²) in [7, 11) is 1.76. The molecule has 1 amide bonds. The van der Waals surface area contributed by atoms with Crippen molar-refractivity contribution in [3.05, 3.63) is 110 Å². The average molecular weight is 559 g/mol. The second-order valence-corrected chi connectivity index (χ2v) is 6.18. The molecule has 0 aliphatic heterocycles. The van der Waals surface area contributed by atoms with Crippen LogP contribution in [0.2, 0.25) is 0 Å². The molecule has 0 aliphatic rings. The second kappa shape index (κ2) is 11.1. The molecular formula is C25H22IrN2O. The number of nitrogens with zero attached hydrogens (tertiary/aromatic N) is 2. The number of carbonyl (C=O) groups excluding carboxylic acids is 1. The van der Waals surface area contributed by atoms with Crippen LogP contribution in [0.3, 0.4) is 0 Å². The third-order valence-corrected chi connectivity index (χ3v) is 4.37. The Morgan fingerprint density at radius 3 is 2.21 bits per heavy atom. The Balaban J connectivity index is 0.000000207. The molecule has 4 heteroatoms. The van der Waals surface area contributed by atoms with Crippen LogP contribution in [-0.2, 0) is 24.9 Å². The van der Waals surface area contributed by atoms with E-state index in [1.54, 1.807) is 11.9 Å². The number of carbonyl (C=O) groups is 1. The number of pyridine rings is 1. The van der Waals surface area contributed by atoms with Crippen LogP contribution in [0.25, 0.3) is 22.0 Å². The van der Waals surface area contributed by atoms with Gasteiger partial charge in [0, 0.05) is 44.3 Å². The zero-order valence-corrected chi connectivity index (χ0v) is 18.6. The molecule has 0 atom stereocenters. The van der Waals surface area contributed by atoms with Crippen molar-refractivity contribution in [2.45, 2.75) is 0 Å². The molecular weight excluding hydrogens is 537 g/mol. The molecule has 0 N–H and O–H groups in total. The van der Waals surface area contributed by atoms with Crippen LogP contribution in [0.1, 0.15) is 0 Å². The Morgan fingerprint density at radius 2 is 1.52 bits per heavy atom. The van der Waals surface area contributed by atoms with Gasteiger partial charge in [-0.15, -0.1) is 0 Å². The van der Waals surface area contributed by atoms with E-state index >= 15 is 0 Å². The van der Waals surface area contributed by atoms with Crippen LogP contribution < -0.4 is 4.90 Å². The summed E-state index contributed by atoms with van der Waals surface area (Å²) in [4.78, 5) is 17.4. The SMILES string of the molecule is C=CC(=O)N(C)c1cccc2ccccc12.[Ir].c1ccc(-c2ccccn2)cc1. The maximum Gasteiger partial charge on any atom is 0.250 e. The van der Waals surface area contributed by atoms with Crippen LogP contribution in [0.4, 0.5) is 5.69 Å². The number of hydrogen-bond acceptors (Lipinski definition) is 2. The maximum absolute atomic E-state index is 11.6. The number of amides is 1. The Kier molecular flexibility index (Phi) is 8.47. The summed E-state index contributed by atoms with van der Waals surface area (Å²) in [5, 5.41) is 2.20. The monoisotopic (exact) mass is 559 g/mol. The molecule has 0 saturated heterocycles. The van der Waals surface area contributed by atoms with Gasteiger partial charge < -0.3 is 4.90 Å². The van der Waals surface area contributed by atoms with E-state index in [0.717, 1.165) is 27.7 Å². The normalized spacial score (nSPS) is 9.55. The predicted molar refractivity (Wildman–Crippen MR) is 117 cm³/mol. The van der Waals surface area contributed by atoms with Crippen molar-refractivity contribution in [3.8, 4) is 11.3 Å². The Hall–Kier alpha value is -3.07. The summed E-state index contributed by atoms with van der Waals surface area (Å²) in [6.45, 7) is 3.50. The van der Waals surface area contributed by atoms with E-state index in [1.807, 2.05) is 85.1 Å². The Bertz CT molecular complexity index is 1020. The standard InChI is InChI=1S/C14H13NO.C11H9N.Ir/c1-3-14(16)15(2)13-10-6-8-11-7-4-5-9-12(11)13;1-2-6-10(7-3-1)11-8-4-5-9-12-11;/h3-10H,1H2,2H3;1-9H;. The van der Waals surface area contributed by atoms with Crippen molar-refractivity contribution in [3.63, 3.8) is 0 Å². The largest absolute Gasteiger partial charge is 0.311 e. The van der Waals surface area contributed by atoms with Gasteiger partial charge in [-0.1, -0.05) is 79.4 Å². The molecule has 0 saturated carbocycles. The van der Waals surface area contributed by atoms with Crippen molar-refractivity contribution < 1.29 is 24.9 Å². The first kappa shape index (κ1) is 22.2. The summed E-state index contributed by atoms with van der Waals surface area (Å²) < 4.78 is 0. The molecule has 0 aliphatic carbocycles. The van der Waals surface area contributed by atoms with E-state index < -0.39 is 0 Å². The van der Waals surface area contributed by atoms with Gasteiger partial charge >= 0.3 is 0 Å². The van der Waals surface area contributed by atoms with Gasteiger partial charge in [0.1, 0.15) is 0 Å². The fourth-order valence-corrected chi connectivity index (χ4v) is 2.90.